The summed E-state index contributed by atoms with van der Waals surface area (Å²) in [5.41, 5.74) is 1.59. The standard InChI is InChI=1S/C19H21N3O4S2/c1-12(2)22-16-9-8-14(11-17(16)27-19(22)24)20-18(23)13-6-5-7-15(10-13)28(25,26)21(3)4/h5-12H,1-4H3,(H,20,23). The van der Waals surface area contributed by atoms with E-state index in [1.165, 1.54) is 32.3 Å². The number of sulfonamides is 1. The summed E-state index contributed by atoms with van der Waals surface area (Å²) < 4.78 is 28.1. The minimum absolute atomic E-state index is 0.0445. The van der Waals surface area contributed by atoms with Crippen LogP contribution in [0.25, 0.3) is 10.2 Å². The predicted octanol–water partition coefficient (Wildman–Crippen LogP) is 3.15. The second kappa shape index (κ2) is 7.50. The summed E-state index contributed by atoms with van der Waals surface area (Å²) in [5.74, 6) is -0.425. The van der Waals surface area contributed by atoms with Gasteiger partial charge >= 0.3 is 4.87 Å². The highest BCUT2D eigenvalue weighted by atomic mass is 32.2. The highest BCUT2D eigenvalue weighted by Gasteiger charge is 2.19. The van der Waals surface area contributed by atoms with Gasteiger partial charge in [-0.15, -0.1) is 0 Å². The molecule has 0 saturated heterocycles. The minimum Gasteiger partial charge on any atom is -0.322 e. The van der Waals surface area contributed by atoms with Crippen LogP contribution < -0.4 is 10.2 Å². The number of rotatable bonds is 5. The first-order valence-corrected chi connectivity index (χ1v) is 10.9. The van der Waals surface area contributed by atoms with Crippen LogP contribution in [0.1, 0.15) is 30.2 Å². The Balaban J connectivity index is 1.91. The van der Waals surface area contributed by atoms with Gasteiger partial charge in [0.25, 0.3) is 5.91 Å². The number of anilines is 1. The van der Waals surface area contributed by atoms with E-state index in [1.54, 1.807) is 28.8 Å². The Bertz CT molecular complexity index is 1210. The van der Waals surface area contributed by atoms with E-state index in [4.69, 9.17) is 0 Å². The van der Waals surface area contributed by atoms with Crippen LogP contribution in [-0.4, -0.2) is 37.3 Å². The number of nitrogens with one attached hydrogen (secondary N) is 1. The number of aromatic nitrogens is 1. The zero-order chi connectivity index (χ0) is 20.6. The predicted molar refractivity (Wildman–Crippen MR) is 112 cm³/mol. The largest absolute Gasteiger partial charge is 0.322 e. The molecule has 3 rings (SSSR count). The van der Waals surface area contributed by atoms with Gasteiger partial charge in [0.1, 0.15) is 0 Å². The lowest BCUT2D eigenvalue weighted by Gasteiger charge is -2.12. The van der Waals surface area contributed by atoms with Crippen LogP contribution in [0.2, 0.25) is 0 Å². The summed E-state index contributed by atoms with van der Waals surface area (Å²) in [6, 6.07) is 11.2. The zero-order valence-electron chi connectivity index (χ0n) is 16.0. The number of thiazole rings is 1. The third kappa shape index (κ3) is 3.73. The first kappa shape index (κ1) is 20.2. The molecule has 0 atom stereocenters. The van der Waals surface area contributed by atoms with Crippen LogP contribution in [0.3, 0.4) is 0 Å². The normalized spacial score (nSPS) is 12.1. The molecule has 9 heteroatoms. The Kier molecular flexibility index (Phi) is 5.42. The van der Waals surface area contributed by atoms with Crippen LogP contribution in [0.15, 0.2) is 52.2 Å². The van der Waals surface area contributed by atoms with Crippen molar-refractivity contribution >= 4 is 43.2 Å². The molecule has 2 aromatic carbocycles. The van der Waals surface area contributed by atoms with E-state index < -0.39 is 15.9 Å². The van der Waals surface area contributed by atoms with Gasteiger partial charge in [-0.3, -0.25) is 14.2 Å². The molecule has 0 fully saturated rings. The molecule has 0 spiro atoms. The highest BCUT2D eigenvalue weighted by Crippen LogP contribution is 2.24. The fourth-order valence-corrected chi connectivity index (χ4v) is 4.82. The molecule has 0 unspecified atom stereocenters. The van der Waals surface area contributed by atoms with E-state index in [0.717, 1.165) is 25.9 Å². The van der Waals surface area contributed by atoms with Crippen LogP contribution in [-0.2, 0) is 10.0 Å². The highest BCUT2D eigenvalue weighted by molar-refractivity contribution is 7.89. The summed E-state index contributed by atoms with van der Waals surface area (Å²) in [5, 5.41) is 2.76. The first-order chi connectivity index (χ1) is 13.1. The number of amides is 1. The number of carbonyl (C=O) groups is 1. The molecule has 1 aromatic heterocycles. The Labute approximate surface area is 167 Å². The Hall–Kier alpha value is -2.49. The number of carbonyl (C=O) groups excluding carboxylic acids is 1. The molecule has 28 heavy (non-hydrogen) atoms. The maximum atomic E-state index is 12.6. The summed E-state index contributed by atoms with van der Waals surface area (Å²) in [4.78, 5) is 24.8. The average molecular weight is 420 g/mol. The van der Waals surface area contributed by atoms with E-state index in [0.29, 0.717) is 5.69 Å². The Morgan fingerprint density at radius 2 is 1.86 bits per heavy atom. The summed E-state index contributed by atoms with van der Waals surface area (Å²) in [6.07, 6.45) is 0. The van der Waals surface area contributed by atoms with Gasteiger partial charge in [-0.25, -0.2) is 12.7 Å². The van der Waals surface area contributed by atoms with Gasteiger partial charge in [0.05, 0.1) is 15.1 Å². The van der Waals surface area contributed by atoms with Crippen molar-refractivity contribution < 1.29 is 13.2 Å². The molecule has 0 radical (unpaired) electrons. The van der Waals surface area contributed by atoms with Gasteiger partial charge < -0.3 is 5.32 Å². The summed E-state index contributed by atoms with van der Waals surface area (Å²) in [6.45, 7) is 3.88. The number of nitrogens with zero attached hydrogens (tertiary/aromatic N) is 2. The topological polar surface area (TPSA) is 88.5 Å². The lowest BCUT2D eigenvalue weighted by molar-refractivity contribution is 0.102. The molecular weight excluding hydrogens is 398 g/mol. The van der Waals surface area contributed by atoms with Gasteiger partial charge in [-0.05, 0) is 50.2 Å². The van der Waals surface area contributed by atoms with E-state index in [-0.39, 0.29) is 21.4 Å². The van der Waals surface area contributed by atoms with Crippen LogP contribution in [0.5, 0.6) is 0 Å². The van der Waals surface area contributed by atoms with Crippen molar-refractivity contribution in [3.63, 3.8) is 0 Å². The van der Waals surface area contributed by atoms with Crippen LogP contribution in [0, 0.1) is 0 Å². The van der Waals surface area contributed by atoms with Gasteiger partial charge in [0.15, 0.2) is 0 Å². The van der Waals surface area contributed by atoms with E-state index in [1.807, 2.05) is 13.8 Å². The molecule has 148 valence electrons. The molecule has 0 aliphatic carbocycles. The molecule has 0 saturated carbocycles. The van der Waals surface area contributed by atoms with Crippen LogP contribution >= 0.6 is 11.3 Å². The first-order valence-electron chi connectivity index (χ1n) is 8.60. The Morgan fingerprint density at radius 3 is 2.50 bits per heavy atom. The van der Waals surface area contributed by atoms with Crippen molar-refractivity contribution in [2.45, 2.75) is 24.8 Å². The fraction of sp³-hybridized carbons (Fsp3) is 0.263. The smallest absolute Gasteiger partial charge is 0.308 e. The molecule has 7 nitrogen and oxygen atoms in total. The third-order valence-corrected chi connectivity index (χ3v) is 6.99. The van der Waals surface area contributed by atoms with Crippen molar-refractivity contribution in [3.05, 3.63) is 57.7 Å². The molecule has 1 amide bonds. The molecule has 0 aliphatic rings. The Morgan fingerprint density at radius 1 is 1.14 bits per heavy atom. The van der Waals surface area contributed by atoms with Crippen molar-refractivity contribution in [1.82, 2.24) is 8.87 Å². The summed E-state index contributed by atoms with van der Waals surface area (Å²) >= 11 is 1.12. The van der Waals surface area contributed by atoms with Gasteiger partial charge in [-0.1, -0.05) is 17.4 Å². The molecule has 0 aliphatic heterocycles. The maximum Gasteiger partial charge on any atom is 0.308 e. The fourth-order valence-electron chi connectivity index (χ4n) is 2.82. The second-order valence-electron chi connectivity index (χ2n) is 6.78. The number of hydrogen-bond donors (Lipinski definition) is 1. The van der Waals surface area contributed by atoms with Gasteiger partial charge in [0.2, 0.25) is 10.0 Å². The third-order valence-electron chi connectivity index (χ3n) is 4.26. The van der Waals surface area contributed by atoms with Crippen molar-refractivity contribution in [2.24, 2.45) is 0 Å². The monoisotopic (exact) mass is 419 g/mol. The minimum atomic E-state index is -3.63. The molecule has 1 N–H and O–H groups in total. The van der Waals surface area contributed by atoms with E-state index >= 15 is 0 Å². The van der Waals surface area contributed by atoms with Gasteiger partial charge in [0, 0.05) is 31.4 Å². The molecule has 0 bridgehead atoms. The maximum absolute atomic E-state index is 12.6. The molecule has 1 heterocycles. The van der Waals surface area contributed by atoms with Gasteiger partial charge in [-0.2, -0.15) is 0 Å². The molecule has 3 aromatic rings. The zero-order valence-corrected chi connectivity index (χ0v) is 17.6. The number of fused-ring (bicyclic) bond motifs is 1. The average Bonchev–Trinajstić information content (AvgIpc) is 2.96. The van der Waals surface area contributed by atoms with E-state index in [9.17, 15) is 18.0 Å². The molecular formula is C19H21N3O4S2. The van der Waals surface area contributed by atoms with Crippen molar-refractivity contribution in [1.29, 1.82) is 0 Å². The lowest BCUT2D eigenvalue weighted by atomic mass is 10.2. The SMILES string of the molecule is CC(C)n1c(=O)sc2cc(NC(=O)c3cccc(S(=O)(=O)N(C)C)c3)ccc21. The van der Waals surface area contributed by atoms with Crippen molar-refractivity contribution in [3.8, 4) is 0 Å². The number of hydrogen-bond acceptors (Lipinski definition) is 5. The van der Waals surface area contributed by atoms with Crippen LogP contribution in [0.4, 0.5) is 5.69 Å². The number of benzene rings is 2. The lowest BCUT2D eigenvalue weighted by Crippen LogP contribution is -2.22. The van der Waals surface area contributed by atoms with Crippen molar-refractivity contribution in [2.75, 3.05) is 19.4 Å². The summed E-state index contributed by atoms with van der Waals surface area (Å²) in [7, 11) is -0.754. The second-order valence-corrected chi connectivity index (χ2v) is 9.93. The quantitative estimate of drug-likeness (QED) is 0.688. The van der Waals surface area contributed by atoms with E-state index in [2.05, 4.69) is 5.32 Å².